The van der Waals surface area contributed by atoms with E-state index in [1.54, 1.807) is 10.8 Å². The third-order valence-electron chi connectivity index (χ3n) is 3.97. The number of nitrogens with zero attached hydrogens (tertiary/aromatic N) is 5. The van der Waals surface area contributed by atoms with Crippen molar-refractivity contribution in [2.75, 3.05) is 7.11 Å². The van der Waals surface area contributed by atoms with Gasteiger partial charge in [-0.25, -0.2) is 15.0 Å². The van der Waals surface area contributed by atoms with Crippen LogP contribution in [0.3, 0.4) is 0 Å². The Morgan fingerprint density at radius 3 is 2.88 bits per heavy atom. The first-order valence-corrected chi connectivity index (χ1v) is 7.97. The van der Waals surface area contributed by atoms with Gasteiger partial charge in [0.2, 0.25) is 0 Å². The first-order valence-electron chi connectivity index (χ1n) is 7.97. The molecule has 1 N–H and O–H groups in total. The molecule has 0 spiro atoms. The van der Waals surface area contributed by atoms with Gasteiger partial charge in [-0.1, -0.05) is 30.3 Å². The molecule has 0 saturated heterocycles. The highest BCUT2D eigenvalue weighted by Crippen LogP contribution is 2.21. The standard InChI is InChI=1S/C17H16N6O2/c1-25-13(24)9-5-8-12-20-16-14(18-10-19-16)17-21-15(22-23(12)17)11-6-3-2-4-7-11/h2-4,6-7,10H,5,8-9H2,1H3,(H,18,19). The van der Waals surface area contributed by atoms with Gasteiger partial charge in [0.05, 0.1) is 13.4 Å². The molecule has 25 heavy (non-hydrogen) atoms. The molecule has 0 amide bonds. The van der Waals surface area contributed by atoms with Crippen LogP contribution in [0, 0.1) is 0 Å². The SMILES string of the molecule is COC(=O)CCCc1nc2nc[nH]c2c2nc(-c3ccccc3)nn12. The summed E-state index contributed by atoms with van der Waals surface area (Å²) in [6.07, 6.45) is 3.11. The molecule has 4 rings (SSSR count). The van der Waals surface area contributed by atoms with Crippen molar-refractivity contribution in [2.45, 2.75) is 19.3 Å². The maximum Gasteiger partial charge on any atom is 0.305 e. The second-order valence-electron chi connectivity index (χ2n) is 5.60. The van der Waals surface area contributed by atoms with Crippen molar-refractivity contribution >= 4 is 22.8 Å². The predicted octanol–water partition coefficient (Wildman–Crippen LogP) is 2.16. The Kier molecular flexibility index (Phi) is 3.85. The molecular weight excluding hydrogens is 320 g/mol. The number of nitrogens with one attached hydrogen (secondary N) is 1. The van der Waals surface area contributed by atoms with E-state index in [1.807, 2.05) is 30.3 Å². The largest absolute Gasteiger partial charge is 0.469 e. The topological polar surface area (TPSA) is 98.1 Å². The fraction of sp³-hybridized carbons (Fsp3) is 0.235. The van der Waals surface area contributed by atoms with Gasteiger partial charge in [-0.2, -0.15) is 4.52 Å². The van der Waals surface area contributed by atoms with E-state index in [1.165, 1.54) is 7.11 Å². The van der Waals surface area contributed by atoms with E-state index in [0.717, 1.165) is 11.1 Å². The van der Waals surface area contributed by atoms with Gasteiger partial charge in [0.1, 0.15) is 11.3 Å². The van der Waals surface area contributed by atoms with Gasteiger partial charge in [0.15, 0.2) is 17.1 Å². The molecule has 0 aliphatic carbocycles. The minimum atomic E-state index is -0.236. The van der Waals surface area contributed by atoms with Crippen molar-refractivity contribution < 1.29 is 9.53 Å². The number of aromatic nitrogens is 6. The lowest BCUT2D eigenvalue weighted by molar-refractivity contribution is -0.140. The zero-order valence-corrected chi connectivity index (χ0v) is 13.6. The van der Waals surface area contributed by atoms with Crippen LogP contribution in [0.1, 0.15) is 18.7 Å². The normalized spacial score (nSPS) is 11.2. The number of hydrogen-bond donors (Lipinski definition) is 1. The van der Waals surface area contributed by atoms with Crippen LogP contribution in [-0.2, 0) is 16.0 Å². The molecule has 0 bridgehead atoms. The number of benzene rings is 1. The van der Waals surface area contributed by atoms with Gasteiger partial charge < -0.3 is 9.72 Å². The number of hydrogen-bond acceptors (Lipinski definition) is 6. The van der Waals surface area contributed by atoms with Gasteiger partial charge in [0, 0.05) is 18.4 Å². The first kappa shape index (κ1) is 15.3. The Morgan fingerprint density at radius 1 is 1.24 bits per heavy atom. The minimum absolute atomic E-state index is 0.236. The smallest absolute Gasteiger partial charge is 0.305 e. The summed E-state index contributed by atoms with van der Waals surface area (Å²) in [6.45, 7) is 0. The Labute approximate surface area is 142 Å². The highest BCUT2D eigenvalue weighted by molar-refractivity contribution is 5.85. The van der Waals surface area contributed by atoms with Gasteiger partial charge in [-0.3, -0.25) is 4.79 Å². The molecule has 0 saturated carbocycles. The summed E-state index contributed by atoms with van der Waals surface area (Å²) in [6, 6.07) is 9.77. The zero-order valence-electron chi connectivity index (χ0n) is 13.6. The molecule has 3 aromatic heterocycles. The molecule has 0 aliphatic rings. The average molecular weight is 336 g/mol. The highest BCUT2D eigenvalue weighted by Gasteiger charge is 2.16. The maximum atomic E-state index is 11.3. The third-order valence-corrected chi connectivity index (χ3v) is 3.97. The second kappa shape index (κ2) is 6.31. The van der Waals surface area contributed by atoms with Crippen molar-refractivity contribution in [1.82, 2.24) is 29.5 Å². The number of ether oxygens (including phenoxy) is 1. The summed E-state index contributed by atoms with van der Waals surface area (Å²) in [7, 11) is 1.39. The summed E-state index contributed by atoms with van der Waals surface area (Å²) in [4.78, 5) is 27.8. The van der Waals surface area contributed by atoms with Gasteiger partial charge in [-0.15, -0.1) is 5.10 Å². The van der Waals surface area contributed by atoms with Gasteiger partial charge in [-0.05, 0) is 6.42 Å². The number of rotatable bonds is 5. The van der Waals surface area contributed by atoms with Crippen LogP contribution in [-0.4, -0.2) is 42.6 Å². The molecule has 8 nitrogen and oxygen atoms in total. The number of H-pyrrole nitrogens is 1. The van der Waals surface area contributed by atoms with E-state index in [9.17, 15) is 4.79 Å². The number of carbonyl (C=O) groups is 1. The van der Waals surface area contributed by atoms with Crippen molar-refractivity contribution in [3.63, 3.8) is 0 Å². The van der Waals surface area contributed by atoms with E-state index in [0.29, 0.717) is 42.2 Å². The van der Waals surface area contributed by atoms with Crippen molar-refractivity contribution in [1.29, 1.82) is 0 Å². The van der Waals surface area contributed by atoms with Crippen LogP contribution in [0.15, 0.2) is 36.7 Å². The summed E-state index contributed by atoms with van der Waals surface area (Å²) >= 11 is 0. The van der Waals surface area contributed by atoms with Crippen LogP contribution in [0.2, 0.25) is 0 Å². The van der Waals surface area contributed by atoms with E-state index in [4.69, 9.17) is 0 Å². The Hall–Kier alpha value is -3.29. The molecular formula is C17H16N6O2. The number of aromatic amines is 1. The summed E-state index contributed by atoms with van der Waals surface area (Å²) in [5.41, 5.74) is 2.94. The van der Waals surface area contributed by atoms with Crippen molar-refractivity contribution in [2.24, 2.45) is 0 Å². The lowest BCUT2D eigenvalue weighted by Gasteiger charge is -2.03. The molecule has 4 aromatic rings. The van der Waals surface area contributed by atoms with Crippen LogP contribution in [0.5, 0.6) is 0 Å². The number of esters is 1. The van der Waals surface area contributed by atoms with Crippen LogP contribution >= 0.6 is 0 Å². The molecule has 0 unspecified atom stereocenters. The van der Waals surface area contributed by atoms with Crippen LogP contribution < -0.4 is 0 Å². The molecule has 0 radical (unpaired) electrons. The Morgan fingerprint density at radius 2 is 2.08 bits per heavy atom. The minimum Gasteiger partial charge on any atom is -0.469 e. The van der Waals surface area contributed by atoms with Crippen LogP contribution in [0.25, 0.3) is 28.2 Å². The van der Waals surface area contributed by atoms with Gasteiger partial charge in [0.25, 0.3) is 0 Å². The van der Waals surface area contributed by atoms with Crippen LogP contribution in [0.4, 0.5) is 0 Å². The highest BCUT2D eigenvalue weighted by atomic mass is 16.5. The fourth-order valence-electron chi connectivity index (χ4n) is 2.72. The number of fused-ring (bicyclic) bond motifs is 3. The maximum absolute atomic E-state index is 11.3. The molecule has 0 atom stereocenters. The second-order valence-corrected chi connectivity index (χ2v) is 5.60. The number of imidazole rings is 1. The predicted molar refractivity (Wildman–Crippen MR) is 90.8 cm³/mol. The molecule has 3 heterocycles. The Balaban J connectivity index is 1.78. The molecule has 1 aromatic carbocycles. The zero-order chi connectivity index (χ0) is 17.2. The molecule has 0 aliphatic heterocycles. The van der Waals surface area contributed by atoms with E-state index < -0.39 is 0 Å². The summed E-state index contributed by atoms with van der Waals surface area (Å²) in [5, 5.41) is 4.61. The number of methoxy groups -OCH3 is 1. The molecule has 126 valence electrons. The monoisotopic (exact) mass is 336 g/mol. The average Bonchev–Trinajstić information content (AvgIpc) is 3.28. The van der Waals surface area contributed by atoms with Gasteiger partial charge >= 0.3 is 5.97 Å². The van der Waals surface area contributed by atoms with E-state index in [2.05, 4.69) is 29.8 Å². The molecule has 0 fully saturated rings. The number of aryl methyl sites for hydroxylation is 1. The summed E-state index contributed by atoms with van der Waals surface area (Å²) < 4.78 is 6.41. The van der Waals surface area contributed by atoms with Crippen molar-refractivity contribution in [3.8, 4) is 11.4 Å². The summed E-state index contributed by atoms with van der Waals surface area (Å²) in [5.74, 6) is 1.10. The van der Waals surface area contributed by atoms with E-state index >= 15 is 0 Å². The first-order chi connectivity index (χ1) is 12.3. The molecule has 8 heteroatoms. The lowest BCUT2D eigenvalue weighted by atomic mass is 10.2. The number of carbonyl (C=O) groups excluding carboxylic acids is 1. The fourth-order valence-corrected chi connectivity index (χ4v) is 2.72. The quantitative estimate of drug-likeness (QED) is 0.561. The van der Waals surface area contributed by atoms with Crippen molar-refractivity contribution in [3.05, 3.63) is 42.5 Å². The Bertz CT molecular complexity index is 1040. The lowest BCUT2D eigenvalue weighted by Crippen LogP contribution is -2.06. The van der Waals surface area contributed by atoms with E-state index in [-0.39, 0.29) is 5.97 Å². The third kappa shape index (κ3) is 2.82.